The first-order valence-corrected chi connectivity index (χ1v) is 9.68. The van der Waals surface area contributed by atoms with E-state index >= 15 is 0 Å². The van der Waals surface area contributed by atoms with Crippen molar-refractivity contribution in [3.63, 3.8) is 0 Å². The summed E-state index contributed by atoms with van der Waals surface area (Å²) < 4.78 is 4.43. The van der Waals surface area contributed by atoms with Crippen LogP contribution in [0, 0.1) is 0 Å². The minimum Gasteiger partial charge on any atom is -1.00 e. The molecule has 5 nitrogen and oxygen atoms in total. The molecule has 161 valence electrons. The van der Waals surface area contributed by atoms with Crippen LogP contribution >= 0.6 is 0 Å². The summed E-state index contributed by atoms with van der Waals surface area (Å²) in [5.41, 5.74) is 5.98. The number of halogens is 2. The van der Waals surface area contributed by atoms with Gasteiger partial charge in [0, 0.05) is 13.1 Å². The van der Waals surface area contributed by atoms with Crippen molar-refractivity contribution in [2.45, 2.75) is 26.9 Å². The SMILES string of the molecule is CCn1c(-c2cccc(-c3nc4ccccc4n3CC)n2)nc2ccccc21.[Cl-].[Cl-].[Co+2]. The van der Waals surface area contributed by atoms with E-state index in [0.717, 1.165) is 58.2 Å². The van der Waals surface area contributed by atoms with Crippen LogP contribution in [-0.2, 0) is 29.9 Å². The number of nitrogens with zero attached hydrogens (tertiary/aromatic N) is 5. The molecule has 3 heterocycles. The second-order valence-corrected chi connectivity index (χ2v) is 6.74. The molecule has 5 aromatic rings. The molecule has 31 heavy (non-hydrogen) atoms. The van der Waals surface area contributed by atoms with Crippen molar-refractivity contribution in [3.05, 3.63) is 66.7 Å². The number of aromatic nitrogens is 5. The number of pyridine rings is 1. The first kappa shape index (κ1) is 24.9. The molecule has 1 radical (unpaired) electrons. The van der Waals surface area contributed by atoms with Gasteiger partial charge in [0.05, 0.1) is 22.1 Å². The van der Waals surface area contributed by atoms with E-state index < -0.39 is 0 Å². The number of benzene rings is 2. The average Bonchev–Trinajstić information content (AvgIpc) is 3.32. The molecule has 0 saturated heterocycles. The van der Waals surface area contributed by atoms with Crippen molar-refractivity contribution >= 4 is 22.1 Å². The zero-order valence-corrected chi connectivity index (χ0v) is 19.6. The molecule has 0 spiro atoms. The maximum atomic E-state index is 4.95. The van der Waals surface area contributed by atoms with E-state index in [2.05, 4.69) is 35.1 Å². The molecule has 0 N–H and O–H groups in total. The monoisotopic (exact) mass is 496 g/mol. The van der Waals surface area contributed by atoms with Crippen LogP contribution in [0.2, 0.25) is 0 Å². The number of fused-ring (bicyclic) bond motifs is 2. The van der Waals surface area contributed by atoms with E-state index in [4.69, 9.17) is 15.0 Å². The number of hydrogen-bond acceptors (Lipinski definition) is 3. The molecule has 0 aliphatic rings. The van der Waals surface area contributed by atoms with Crippen molar-refractivity contribution in [1.82, 2.24) is 24.1 Å². The number of para-hydroxylation sites is 4. The van der Waals surface area contributed by atoms with Gasteiger partial charge in [-0.2, -0.15) is 0 Å². The Hall–Kier alpha value is -2.38. The van der Waals surface area contributed by atoms with Gasteiger partial charge in [-0.3, -0.25) is 0 Å². The van der Waals surface area contributed by atoms with E-state index in [1.165, 1.54) is 0 Å². The fourth-order valence-electron chi connectivity index (χ4n) is 3.87. The normalized spacial score (nSPS) is 10.4. The van der Waals surface area contributed by atoms with Crippen molar-refractivity contribution < 1.29 is 41.6 Å². The predicted octanol–water partition coefficient (Wildman–Crippen LogP) is -0.840. The molecule has 3 aromatic heterocycles. The van der Waals surface area contributed by atoms with Gasteiger partial charge < -0.3 is 33.9 Å². The van der Waals surface area contributed by atoms with Crippen LogP contribution in [0.1, 0.15) is 13.8 Å². The molecule has 8 heteroatoms. The van der Waals surface area contributed by atoms with Crippen molar-refractivity contribution in [3.8, 4) is 23.0 Å². The largest absolute Gasteiger partial charge is 2.00 e. The Labute approximate surface area is 203 Å². The standard InChI is InChI=1S/C23H21N5.2ClH.Co/c1-3-27-20-14-7-5-10-16(20)25-22(27)18-12-9-13-19(24-18)23-26-17-11-6-8-15-21(17)28(23)4-2;;;/h5-15H,3-4H2,1-2H3;2*1H;/q;;;+2/p-2. The quantitative estimate of drug-likeness (QED) is 0.326. The van der Waals surface area contributed by atoms with Gasteiger partial charge >= 0.3 is 16.8 Å². The molecule has 0 bridgehead atoms. The molecule has 0 saturated carbocycles. The van der Waals surface area contributed by atoms with Gasteiger partial charge in [0.15, 0.2) is 11.6 Å². The Morgan fingerprint density at radius 2 is 1.00 bits per heavy atom. The summed E-state index contributed by atoms with van der Waals surface area (Å²) in [6, 6.07) is 22.5. The summed E-state index contributed by atoms with van der Waals surface area (Å²) in [5.74, 6) is 1.79. The van der Waals surface area contributed by atoms with E-state index in [-0.39, 0.29) is 41.6 Å². The van der Waals surface area contributed by atoms with Crippen LogP contribution in [0.4, 0.5) is 0 Å². The maximum absolute atomic E-state index is 4.95. The van der Waals surface area contributed by atoms with Gasteiger partial charge in [-0.05, 0) is 50.2 Å². The summed E-state index contributed by atoms with van der Waals surface area (Å²) in [5, 5.41) is 0. The Bertz CT molecular complexity index is 1210. The molecular formula is C23H21Cl2CoN5. The van der Waals surface area contributed by atoms with Gasteiger partial charge in [-0.1, -0.05) is 30.3 Å². The van der Waals surface area contributed by atoms with Crippen molar-refractivity contribution in [2.24, 2.45) is 0 Å². The number of hydrogen-bond donors (Lipinski definition) is 0. The Balaban J connectivity index is 0.00000114. The smallest absolute Gasteiger partial charge is 1.00 e. The third kappa shape index (κ3) is 4.21. The van der Waals surface area contributed by atoms with Crippen molar-refractivity contribution in [1.29, 1.82) is 0 Å². The fraction of sp³-hybridized carbons (Fsp3) is 0.174. The third-order valence-corrected chi connectivity index (χ3v) is 5.15. The summed E-state index contributed by atoms with van der Waals surface area (Å²) >= 11 is 0. The predicted molar refractivity (Wildman–Crippen MR) is 113 cm³/mol. The zero-order valence-electron chi connectivity index (χ0n) is 17.1. The molecule has 0 aliphatic carbocycles. The van der Waals surface area contributed by atoms with Crippen LogP contribution in [0.15, 0.2) is 66.7 Å². The first-order valence-electron chi connectivity index (χ1n) is 9.68. The number of aryl methyl sites for hydroxylation is 2. The van der Waals surface area contributed by atoms with Crippen LogP contribution < -0.4 is 24.8 Å². The first-order chi connectivity index (χ1) is 13.8. The Morgan fingerprint density at radius 3 is 1.42 bits per heavy atom. The maximum Gasteiger partial charge on any atom is 2.00 e. The van der Waals surface area contributed by atoms with Gasteiger partial charge in [0.2, 0.25) is 0 Å². The zero-order chi connectivity index (χ0) is 19.1. The molecule has 0 amide bonds. The van der Waals surface area contributed by atoms with Crippen LogP contribution in [0.3, 0.4) is 0 Å². The van der Waals surface area contributed by atoms with E-state index in [9.17, 15) is 0 Å². The van der Waals surface area contributed by atoms with Gasteiger partial charge in [-0.25, -0.2) is 15.0 Å². The van der Waals surface area contributed by atoms with Gasteiger partial charge in [0.1, 0.15) is 11.4 Å². The van der Waals surface area contributed by atoms with Gasteiger partial charge in [0.25, 0.3) is 0 Å². The topological polar surface area (TPSA) is 48.5 Å². The van der Waals surface area contributed by atoms with Gasteiger partial charge in [-0.15, -0.1) is 0 Å². The van der Waals surface area contributed by atoms with Crippen LogP contribution in [0.5, 0.6) is 0 Å². The minimum absolute atomic E-state index is 0. The fourth-order valence-corrected chi connectivity index (χ4v) is 3.87. The molecule has 0 aliphatic heterocycles. The second-order valence-electron chi connectivity index (χ2n) is 6.74. The van der Waals surface area contributed by atoms with Crippen LogP contribution in [0.25, 0.3) is 45.1 Å². The third-order valence-electron chi connectivity index (χ3n) is 5.15. The number of imidazole rings is 2. The molecular weight excluding hydrogens is 476 g/mol. The summed E-state index contributed by atoms with van der Waals surface area (Å²) in [7, 11) is 0. The van der Waals surface area contributed by atoms with Crippen LogP contribution in [-0.4, -0.2) is 24.1 Å². The summed E-state index contributed by atoms with van der Waals surface area (Å²) in [4.78, 5) is 14.6. The summed E-state index contributed by atoms with van der Waals surface area (Å²) in [6.45, 7) is 5.96. The second kappa shape index (κ2) is 10.3. The minimum atomic E-state index is 0. The Morgan fingerprint density at radius 1 is 0.581 bits per heavy atom. The molecule has 0 atom stereocenters. The molecule has 5 rings (SSSR count). The number of rotatable bonds is 4. The van der Waals surface area contributed by atoms with E-state index in [1.54, 1.807) is 0 Å². The average molecular weight is 497 g/mol. The van der Waals surface area contributed by atoms with E-state index in [0.29, 0.717) is 0 Å². The Kier molecular flexibility index (Phi) is 8.25. The van der Waals surface area contributed by atoms with E-state index in [1.807, 2.05) is 54.6 Å². The van der Waals surface area contributed by atoms with Crippen molar-refractivity contribution in [2.75, 3.05) is 0 Å². The summed E-state index contributed by atoms with van der Waals surface area (Å²) in [6.07, 6.45) is 0. The molecule has 0 unspecified atom stereocenters. The molecule has 0 fully saturated rings. The molecule has 2 aromatic carbocycles.